The number of nitrogens with two attached hydrogens (primary N) is 1. The minimum absolute atomic E-state index is 0.314. The molecule has 0 aliphatic rings. The van der Waals surface area contributed by atoms with Crippen LogP contribution in [0, 0.1) is 0 Å². The highest BCUT2D eigenvalue weighted by Gasteiger charge is 2.13. The molecule has 7 nitrogen and oxygen atoms in total. The predicted molar refractivity (Wildman–Crippen MR) is 74.2 cm³/mol. The summed E-state index contributed by atoms with van der Waals surface area (Å²) in [5, 5.41) is 16.8. The predicted octanol–water partition coefficient (Wildman–Crippen LogP) is 0.978. The normalized spacial score (nSPS) is 11.9. The van der Waals surface area contributed by atoms with E-state index in [-0.39, 0.29) is 0 Å². The van der Waals surface area contributed by atoms with E-state index in [0.717, 1.165) is 5.56 Å². The average molecular weight is 281 g/mol. The first-order chi connectivity index (χ1) is 9.26. The summed E-state index contributed by atoms with van der Waals surface area (Å²) in [6.45, 7) is 0.314. The van der Waals surface area contributed by atoms with Crippen molar-refractivity contribution in [1.29, 1.82) is 0 Å². The number of rotatable bonds is 6. The van der Waals surface area contributed by atoms with Gasteiger partial charge in [0.25, 0.3) is 0 Å². The molecule has 0 saturated carbocycles. The van der Waals surface area contributed by atoms with Gasteiger partial charge in [0.2, 0.25) is 5.75 Å². The molecule has 0 bridgehead atoms. The number of anilines is 2. The van der Waals surface area contributed by atoms with E-state index in [1.165, 1.54) is 24.8 Å². The van der Waals surface area contributed by atoms with E-state index in [0.29, 0.717) is 23.9 Å². The van der Waals surface area contributed by atoms with Gasteiger partial charge in [-0.1, -0.05) is 0 Å². The van der Waals surface area contributed by atoms with Crippen molar-refractivity contribution in [1.82, 2.24) is 9.97 Å². The number of ether oxygens (including phenoxy) is 1. The second kappa shape index (κ2) is 6.32. The Labute approximate surface area is 114 Å². The zero-order valence-corrected chi connectivity index (χ0v) is 11.1. The van der Waals surface area contributed by atoms with Crippen LogP contribution in [0.4, 0.5) is 11.6 Å². The number of hydrazine groups is 1. The second-order valence-corrected chi connectivity index (χ2v) is 4.48. The molecular formula is C11H15N5O2S. The first-order valence-corrected chi connectivity index (χ1v) is 6.50. The standard InChI is InChI=1S/C11H15N5O2S/c1-18-9-10(14-6-15-11(9)16-12)13-4-8(17)7-2-3-19-5-7/h2-3,5-6,8,17H,4,12H2,1H3,(H2,13,14,15,16). The van der Waals surface area contributed by atoms with Gasteiger partial charge >= 0.3 is 0 Å². The Morgan fingerprint density at radius 2 is 2.26 bits per heavy atom. The molecule has 2 aromatic rings. The largest absolute Gasteiger partial charge is 0.490 e. The zero-order valence-electron chi connectivity index (χ0n) is 10.3. The highest BCUT2D eigenvalue weighted by Crippen LogP contribution is 2.28. The minimum atomic E-state index is -0.611. The fraction of sp³-hybridized carbons (Fsp3) is 0.273. The quantitative estimate of drug-likeness (QED) is 0.462. The Hall–Kier alpha value is -1.90. The Morgan fingerprint density at radius 1 is 1.47 bits per heavy atom. The molecule has 0 aliphatic carbocycles. The average Bonchev–Trinajstić information content (AvgIpc) is 2.98. The third kappa shape index (κ3) is 3.11. The lowest BCUT2D eigenvalue weighted by molar-refractivity contribution is 0.192. The smallest absolute Gasteiger partial charge is 0.205 e. The third-order valence-electron chi connectivity index (χ3n) is 2.54. The lowest BCUT2D eigenvalue weighted by Gasteiger charge is -2.14. The van der Waals surface area contributed by atoms with Crippen LogP contribution in [-0.2, 0) is 0 Å². The van der Waals surface area contributed by atoms with Gasteiger partial charge in [-0.2, -0.15) is 11.3 Å². The first kappa shape index (κ1) is 13.5. The van der Waals surface area contributed by atoms with Crippen molar-refractivity contribution in [2.45, 2.75) is 6.10 Å². The van der Waals surface area contributed by atoms with Gasteiger partial charge in [0.05, 0.1) is 13.2 Å². The van der Waals surface area contributed by atoms with E-state index in [9.17, 15) is 5.11 Å². The summed E-state index contributed by atoms with van der Waals surface area (Å²) >= 11 is 1.54. The van der Waals surface area contributed by atoms with E-state index in [4.69, 9.17) is 10.6 Å². The number of nitrogens with zero attached hydrogens (tertiary/aromatic N) is 2. The summed E-state index contributed by atoms with van der Waals surface area (Å²) in [5.74, 6) is 6.59. The molecule has 0 radical (unpaired) electrons. The molecule has 2 heterocycles. The van der Waals surface area contributed by atoms with Gasteiger partial charge in [0, 0.05) is 6.54 Å². The van der Waals surface area contributed by atoms with E-state index < -0.39 is 6.10 Å². The number of aliphatic hydroxyl groups is 1. The number of aliphatic hydroxyl groups excluding tert-OH is 1. The van der Waals surface area contributed by atoms with Crippen LogP contribution in [0.25, 0.3) is 0 Å². The van der Waals surface area contributed by atoms with Gasteiger partial charge in [-0.3, -0.25) is 0 Å². The molecule has 0 spiro atoms. The Kier molecular flexibility index (Phi) is 4.50. The molecule has 0 aromatic carbocycles. The molecule has 0 saturated heterocycles. The van der Waals surface area contributed by atoms with Gasteiger partial charge in [-0.15, -0.1) is 0 Å². The van der Waals surface area contributed by atoms with E-state index in [1.807, 2.05) is 16.8 Å². The third-order valence-corrected chi connectivity index (χ3v) is 3.24. The molecule has 5 N–H and O–H groups in total. The van der Waals surface area contributed by atoms with Crippen molar-refractivity contribution < 1.29 is 9.84 Å². The summed E-state index contributed by atoms with van der Waals surface area (Å²) in [6.07, 6.45) is 0.747. The van der Waals surface area contributed by atoms with Crippen molar-refractivity contribution in [3.8, 4) is 5.75 Å². The first-order valence-electron chi connectivity index (χ1n) is 5.56. The van der Waals surface area contributed by atoms with Gasteiger partial charge in [-0.05, 0) is 22.4 Å². The molecule has 0 fully saturated rings. The lowest BCUT2D eigenvalue weighted by atomic mass is 10.2. The van der Waals surface area contributed by atoms with Crippen molar-refractivity contribution in [3.63, 3.8) is 0 Å². The van der Waals surface area contributed by atoms with Gasteiger partial charge in [0.15, 0.2) is 11.6 Å². The van der Waals surface area contributed by atoms with Gasteiger partial charge in [0.1, 0.15) is 6.33 Å². The summed E-state index contributed by atoms with van der Waals surface area (Å²) in [7, 11) is 1.50. The van der Waals surface area contributed by atoms with Crippen molar-refractivity contribution >= 4 is 23.0 Å². The van der Waals surface area contributed by atoms with E-state index in [1.54, 1.807) is 0 Å². The number of nitrogen functional groups attached to an aromatic ring is 1. The number of aromatic nitrogens is 2. The van der Waals surface area contributed by atoms with Crippen LogP contribution in [0.1, 0.15) is 11.7 Å². The summed E-state index contributed by atoms with van der Waals surface area (Å²) in [4.78, 5) is 7.99. The highest BCUT2D eigenvalue weighted by atomic mass is 32.1. The number of hydrogen-bond donors (Lipinski definition) is 4. The van der Waals surface area contributed by atoms with Crippen LogP contribution < -0.4 is 21.3 Å². The minimum Gasteiger partial charge on any atom is -0.490 e. The van der Waals surface area contributed by atoms with Crippen LogP contribution in [0.15, 0.2) is 23.2 Å². The molecule has 8 heteroatoms. The molecular weight excluding hydrogens is 266 g/mol. The highest BCUT2D eigenvalue weighted by molar-refractivity contribution is 7.07. The zero-order chi connectivity index (χ0) is 13.7. The Morgan fingerprint density at radius 3 is 2.89 bits per heavy atom. The van der Waals surface area contributed by atoms with Crippen molar-refractivity contribution in [2.24, 2.45) is 5.84 Å². The molecule has 2 aromatic heterocycles. The number of nitrogens with one attached hydrogen (secondary N) is 2. The maximum absolute atomic E-state index is 9.98. The van der Waals surface area contributed by atoms with Crippen LogP contribution >= 0.6 is 11.3 Å². The lowest BCUT2D eigenvalue weighted by Crippen LogP contribution is -2.15. The van der Waals surface area contributed by atoms with Crippen molar-refractivity contribution in [2.75, 3.05) is 24.4 Å². The molecule has 19 heavy (non-hydrogen) atoms. The molecule has 1 atom stereocenters. The van der Waals surface area contributed by atoms with Gasteiger partial charge < -0.3 is 20.6 Å². The van der Waals surface area contributed by atoms with Crippen molar-refractivity contribution in [3.05, 3.63) is 28.7 Å². The van der Waals surface area contributed by atoms with Gasteiger partial charge in [-0.25, -0.2) is 15.8 Å². The molecule has 0 amide bonds. The second-order valence-electron chi connectivity index (χ2n) is 3.70. The number of hydrogen-bond acceptors (Lipinski definition) is 8. The van der Waals surface area contributed by atoms with Crippen LogP contribution in [0.5, 0.6) is 5.75 Å². The van der Waals surface area contributed by atoms with Crippen LogP contribution in [-0.4, -0.2) is 28.7 Å². The van der Waals surface area contributed by atoms with E-state index >= 15 is 0 Å². The summed E-state index contributed by atoms with van der Waals surface area (Å²) < 4.78 is 5.18. The number of thiophene rings is 1. The Bertz CT molecular complexity index is 520. The summed E-state index contributed by atoms with van der Waals surface area (Å²) in [6, 6.07) is 1.88. The fourth-order valence-corrected chi connectivity index (χ4v) is 2.28. The molecule has 1 unspecified atom stereocenters. The topological polar surface area (TPSA) is 105 Å². The molecule has 0 aliphatic heterocycles. The maximum atomic E-state index is 9.98. The van der Waals surface area contributed by atoms with E-state index in [2.05, 4.69) is 20.7 Å². The van der Waals surface area contributed by atoms with Crippen LogP contribution in [0.2, 0.25) is 0 Å². The SMILES string of the molecule is COc1c(NN)ncnc1NCC(O)c1ccsc1. The summed E-state index contributed by atoms with van der Waals surface area (Å²) in [5.41, 5.74) is 3.29. The molecule has 2 rings (SSSR count). The molecule has 102 valence electrons. The number of methoxy groups -OCH3 is 1. The fourth-order valence-electron chi connectivity index (χ4n) is 1.57. The monoisotopic (exact) mass is 281 g/mol. The Balaban J connectivity index is 2.07. The van der Waals surface area contributed by atoms with Crippen LogP contribution in [0.3, 0.4) is 0 Å². The maximum Gasteiger partial charge on any atom is 0.205 e.